The van der Waals surface area contributed by atoms with Crippen molar-refractivity contribution in [2.24, 2.45) is 10.9 Å². The normalized spacial score (nSPS) is 20.6. The Morgan fingerprint density at radius 2 is 2.07 bits per heavy atom. The summed E-state index contributed by atoms with van der Waals surface area (Å²) in [6.45, 7) is 3.83. The fourth-order valence-corrected chi connectivity index (χ4v) is 4.90. The summed E-state index contributed by atoms with van der Waals surface area (Å²) in [6.07, 6.45) is 10.5. The van der Waals surface area contributed by atoms with Gasteiger partial charge in [0.1, 0.15) is 5.82 Å². The van der Waals surface area contributed by atoms with Crippen molar-refractivity contribution in [1.29, 1.82) is 0 Å². The van der Waals surface area contributed by atoms with Crippen LogP contribution in [0, 0.1) is 5.92 Å². The third-order valence-corrected chi connectivity index (χ3v) is 6.31. The molecule has 0 radical (unpaired) electrons. The van der Waals surface area contributed by atoms with Gasteiger partial charge < -0.3 is 19.5 Å². The van der Waals surface area contributed by atoms with Crippen molar-refractivity contribution in [3.05, 3.63) is 5.82 Å². The van der Waals surface area contributed by atoms with Crippen LogP contribution in [0.2, 0.25) is 0 Å². The van der Waals surface area contributed by atoms with E-state index in [1.165, 1.54) is 32.1 Å². The van der Waals surface area contributed by atoms with Gasteiger partial charge in [0.15, 0.2) is 11.1 Å². The number of halogens is 1. The van der Waals surface area contributed by atoms with Crippen molar-refractivity contribution in [2.45, 2.75) is 56.1 Å². The molecule has 2 fully saturated rings. The lowest BCUT2D eigenvalue weighted by Crippen LogP contribution is -2.40. The Morgan fingerprint density at radius 3 is 2.75 bits per heavy atom. The molecular formula is C19H35IN6OS. The molecular weight excluding hydrogens is 487 g/mol. The van der Waals surface area contributed by atoms with Gasteiger partial charge in [-0.05, 0) is 31.9 Å². The van der Waals surface area contributed by atoms with E-state index in [0.717, 1.165) is 56.0 Å². The smallest absolute Gasteiger partial charge is 0.193 e. The fourth-order valence-electron chi connectivity index (χ4n) is 4.32. The second kappa shape index (κ2) is 12.2. The van der Waals surface area contributed by atoms with Gasteiger partial charge in [0, 0.05) is 52.2 Å². The van der Waals surface area contributed by atoms with E-state index in [0.29, 0.717) is 12.0 Å². The zero-order valence-electron chi connectivity index (χ0n) is 17.4. The van der Waals surface area contributed by atoms with Gasteiger partial charge in [-0.25, -0.2) is 0 Å². The highest BCUT2D eigenvalue weighted by Gasteiger charge is 2.25. The number of methoxy groups -OCH3 is 1. The highest BCUT2D eigenvalue weighted by Crippen LogP contribution is 2.33. The number of likely N-dealkylation sites (tertiary alicyclic amines) is 1. The molecule has 1 saturated heterocycles. The number of aliphatic imine (C=N–C) groups is 1. The number of aromatic nitrogens is 3. The minimum Gasteiger partial charge on any atom is -0.384 e. The minimum atomic E-state index is 0. The van der Waals surface area contributed by atoms with Gasteiger partial charge >= 0.3 is 0 Å². The quantitative estimate of drug-likeness (QED) is 0.186. The van der Waals surface area contributed by atoms with Crippen LogP contribution < -0.4 is 5.32 Å². The third kappa shape index (κ3) is 5.98. The van der Waals surface area contributed by atoms with Crippen LogP contribution in [0.1, 0.15) is 50.4 Å². The standard InChI is InChI=1S/C19H34N6OS.HI/c1-20-18(24-12-10-15(13-24)14-26-2)21-11-6-9-17-22-23-19(27-3)25(17)16-7-4-5-8-16;/h15-16H,4-14H2,1-3H3,(H,20,21);1H. The van der Waals surface area contributed by atoms with Gasteiger partial charge in [-0.15, -0.1) is 34.2 Å². The van der Waals surface area contributed by atoms with Crippen LogP contribution in [0.5, 0.6) is 0 Å². The zero-order chi connectivity index (χ0) is 19.1. The molecule has 0 aromatic carbocycles. The van der Waals surface area contributed by atoms with E-state index >= 15 is 0 Å². The minimum absolute atomic E-state index is 0. The number of ether oxygens (including phenoxy) is 1. The Bertz CT molecular complexity index is 620. The van der Waals surface area contributed by atoms with Crippen molar-refractivity contribution in [1.82, 2.24) is 25.0 Å². The Balaban J connectivity index is 0.00000280. The molecule has 28 heavy (non-hydrogen) atoms. The van der Waals surface area contributed by atoms with Crippen molar-refractivity contribution >= 4 is 41.7 Å². The third-order valence-electron chi connectivity index (χ3n) is 5.67. The molecule has 3 rings (SSSR count). The van der Waals surface area contributed by atoms with E-state index in [2.05, 4.69) is 36.2 Å². The maximum absolute atomic E-state index is 5.30. The second-order valence-electron chi connectivity index (χ2n) is 7.54. The molecule has 1 N–H and O–H groups in total. The Hall–Kier alpha value is -0.550. The predicted octanol–water partition coefficient (Wildman–Crippen LogP) is 3.21. The molecule has 0 bridgehead atoms. The largest absolute Gasteiger partial charge is 0.384 e. The summed E-state index contributed by atoms with van der Waals surface area (Å²) < 4.78 is 7.70. The lowest BCUT2D eigenvalue weighted by molar-refractivity contribution is 0.157. The predicted molar refractivity (Wildman–Crippen MR) is 126 cm³/mol. The Morgan fingerprint density at radius 1 is 1.29 bits per heavy atom. The van der Waals surface area contributed by atoms with Crippen LogP contribution in [0.4, 0.5) is 0 Å². The Labute approximate surface area is 190 Å². The summed E-state index contributed by atoms with van der Waals surface area (Å²) in [5, 5.41) is 13.5. The van der Waals surface area contributed by atoms with Crippen LogP contribution >= 0.6 is 35.7 Å². The fraction of sp³-hybridized carbons (Fsp3) is 0.842. The second-order valence-corrected chi connectivity index (χ2v) is 8.32. The van der Waals surface area contributed by atoms with Crippen molar-refractivity contribution in [3.8, 4) is 0 Å². The molecule has 7 nitrogen and oxygen atoms in total. The lowest BCUT2D eigenvalue weighted by atomic mass is 10.1. The van der Waals surface area contributed by atoms with E-state index in [9.17, 15) is 0 Å². The number of nitrogens with one attached hydrogen (secondary N) is 1. The van der Waals surface area contributed by atoms with Gasteiger partial charge in [-0.3, -0.25) is 4.99 Å². The number of hydrogen-bond acceptors (Lipinski definition) is 5. The van der Waals surface area contributed by atoms with Crippen molar-refractivity contribution in [3.63, 3.8) is 0 Å². The molecule has 0 amide bonds. The van der Waals surface area contributed by atoms with Gasteiger partial charge in [-0.1, -0.05) is 24.6 Å². The van der Waals surface area contributed by atoms with E-state index in [1.807, 2.05) is 7.05 Å². The first-order chi connectivity index (χ1) is 13.3. The topological polar surface area (TPSA) is 67.6 Å². The number of rotatable bonds is 8. The molecule has 1 saturated carbocycles. The van der Waals surface area contributed by atoms with Crippen LogP contribution in [0.15, 0.2) is 10.1 Å². The maximum Gasteiger partial charge on any atom is 0.193 e. The molecule has 1 aliphatic heterocycles. The average Bonchev–Trinajstić information content (AvgIpc) is 3.42. The summed E-state index contributed by atoms with van der Waals surface area (Å²) >= 11 is 1.71. The number of guanidine groups is 1. The highest BCUT2D eigenvalue weighted by atomic mass is 127. The summed E-state index contributed by atoms with van der Waals surface area (Å²) in [5.74, 6) is 2.77. The number of hydrogen-bond donors (Lipinski definition) is 1. The van der Waals surface area contributed by atoms with Gasteiger partial charge in [0.25, 0.3) is 0 Å². The van der Waals surface area contributed by atoms with Gasteiger partial charge in [0.2, 0.25) is 0 Å². The van der Waals surface area contributed by atoms with E-state index in [-0.39, 0.29) is 24.0 Å². The SMILES string of the molecule is CN=C(NCCCc1nnc(SC)n1C1CCCC1)N1CCC(COC)C1.I. The molecule has 0 spiro atoms. The molecule has 1 aromatic rings. The molecule has 1 unspecified atom stereocenters. The van der Waals surface area contributed by atoms with Crippen LogP contribution in [-0.2, 0) is 11.2 Å². The zero-order valence-corrected chi connectivity index (χ0v) is 20.5. The van der Waals surface area contributed by atoms with Crippen LogP contribution in [0.25, 0.3) is 0 Å². The highest BCUT2D eigenvalue weighted by molar-refractivity contribution is 14.0. The maximum atomic E-state index is 5.30. The molecule has 2 heterocycles. The number of nitrogens with zero attached hydrogens (tertiary/aromatic N) is 5. The molecule has 1 aromatic heterocycles. The van der Waals surface area contributed by atoms with Gasteiger partial charge in [-0.2, -0.15) is 0 Å². The van der Waals surface area contributed by atoms with Crippen molar-refractivity contribution < 1.29 is 4.74 Å². The van der Waals surface area contributed by atoms with E-state index < -0.39 is 0 Å². The first kappa shape index (κ1) is 23.7. The molecule has 2 aliphatic rings. The molecule has 9 heteroatoms. The summed E-state index contributed by atoms with van der Waals surface area (Å²) in [7, 11) is 3.65. The number of aryl methyl sites for hydroxylation is 1. The molecule has 1 aliphatic carbocycles. The molecule has 160 valence electrons. The summed E-state index contributed by atoms with van der Waals surface area (Å²) in [4.78, 5) is 6.81. The van der Waals surface area contributed by atoms with Crippen LogP contribution in [-0.4, -0.2) is 72.3 Å². The lowest BCUT2D eigenvalue weighted by Gasteiger charge is -2.22. The van der Waals surface area contributed by atoms with Crippen LogP contribution in [0.3, 0.4) is 0 Å². The Kier molecular flexibility index (Phi) is 10.4. The summed E-state index contributed by atoms with van der Waals surface area (Å²) in [6, 6.07) is 0.598. The van der Waals surface area contributed by atoms with Crippen molar-refractivity contribution in [2.75, 3.05) is 46.7 Å². The van der Waals surface area contributed by atoms with Gasteiger partial charge in [0.05, 0.1) is 6.61 Å². The first-order valence-electron chi connectivity index (χ1n) is 10.2. The molecule has 1 atom stereocenters. The number of thioether (sulfide) groups is 1. The summed E-state index contributed by atoms with van der Waals surface area (Å²) in [5.41, 5.74) is 0. The van der Waals surface area contributed by atoms with E-state index in [1.54, 1.807) is 18.9 Å². The monoisotopic (exact) mass is 522 g/mol. The van der Waals surface area contributed by atoms with E-state index in [4.69, 9.17) is 4.74 Å². The first-order valence-corrected chi connectivity index (χ1v) is 11.4. The average molecular weight is 523 g/mol.